The molecule has 1 aliphatic heterocycles. The van der Waals surface area contributed by atoms with Crippen molar-refractivity contribution >= 4 is 11.4 Å². The number of nitro benzene ring substituents is 1. The van der Waals surface area contributed by atoms with Crippen molar-refractivity contribution in [1.82, 2.24) is 0 Å². The van der Waals surface area contributed by atoms with E-state index in [0.717, 1.165) is 5.56 Å². The summed E-state index contributed by atoms with van der Waals surface area (Å²) in [5.41, 5.74) is 1.85. The maximum Gasteiger partial charge on any atom is 0.271 e. The second kappa shape index (κ2) is 6.66. The van der Waals surface area contributed by atoms with Gasteiger partial charge in [-0.2, -0.15) is 0 Å². The number of nitro groups is 1. The van der Waals surface area contributed by atoms with E-state index in [1.807, 2.05) is 30.3 Å². The van der Waals surface area contributed by atoms with Gasteiger partial charge in [0.05, 0.1) is 16.7 Å². The lowest BCUT2D eigenvalue weighted by Crippen LogP contribution is -2.43. The van der Waals surface area contributed by atoms with Crippen LogP contribution in [0.3, 0.4) is 0 Å². The fourth-order valence-electron chi connectivity index (χ4n) is 2.82. The predicted molar refractivity (Wildman–Crippen MR) is 86.7 cm³/mol. The minimum atomic E-state index is -0.406. The molecule has 1 atom stereocenters. The Hall–Kier alpha value is -2.60. The van der Waals surface area contributed by atoms with Crippen LogP contribution in [-0.4, -0.2) is 29.3 Å². The summed E-state index contributed by atoms with van der Waals surface area (Å²) in [6, 6.07) is 14.5. The second-order valence-electron chi connectivity index (χ2n) is 5.50. The van der Waals surface area contributed by atoms with Crippen LogP contribution in [0.15, 0.2) is 48.5 Å². The molecule has 6 heteroatoms. The number of rotatable bonds is 5. The first-order chi connectivity index (χ1) is 11.2. The number of non-ortho nitro benzene ring substituents is 1. The van der Waals surface area contributed by atoms with Gasteiger partial charge in [0.2, 0.25) is 0 Å². The van der Waals surface area contributed by atoms with Gasteiger partial charge in [-0.3, -0.25) is 10.1 Å². The lowest BCUT2D eigenvalue weighted by Gasteiger charge is -2.38. The highest BCUT2D eigenvalue weighted by atomic mass is 16.6. The summed E-state index contributed by atoms with van der Waals surface area (Å²) < 4.78 is 5.72. The molecule has 0 aromatic heterocycles. The second-order valence-corrected chi connectivity index (χ2v) is 5.50. The molecule has 0 saturated heterocycles. The van der Waals surface area contributed by atoms with Gasteiger partial charge in [-0.1, -0.05) is 30.3 Å². The molecular formula is C17H18N2O4. The van der Waals surface area contributed by atoms with Gasteiger partial charge in [0.15, 0.2) is 0 Å². The van der Waals surface area contributed by atoms with E-state index in [0.29, 0.717) is 31.0 Å². The van der Waals surface area contributed by atoms with E-state index in [1.54, 1.807) is 12.1 Å². The van der Waals surface area contributed by atoms with Crippen molar-refractivity contribution in [2.24, 2.45) is 0 Å². The number of hydrogen-bond donors (Lipinski definition) is 1. The molecule has 1 heterocycles. The summed E-state index contributed by atoms with van der Waals surface area (Å²) in [4.78, 5) is 12.7. The minimum Gasteiger partial charge on any atom is -0.489 e. The third kappa shape index (κ3) is 3.27. The van der Waals surface area contributed by atoms with Gasteiger partial charge in [0, 0.05) is 25.3 Å². The number of ether oxygens (including phenoxy) is 1. The van der Waals surface area contributed by atoms with E-state index in [-0.39, 0.29) is 18.3 Å². The summed E-state index contributed by atoms with van der Waals surface area (Å²) in [6.45, 7) is 1.12. The first kappa shape index (κ1) is 15.3. The summed E-state index contributed by atoms with van der Waals surface area (Å²) in [5, 5.41) is 20.4. The molecule has 1 unspecified atom stereocenters. The van der Waals surface area contributed by atoms with Gasteiger partial charge in [-0.25, -0.2) is 0 Å². The smallest absolute Gasteiger partial charge is 0.271 e. The molecule has 0 bridgehead atoms. The Bertz CT molecular complexity index is 690. The number of aliphatic hydroxyl groups excluding tert-OH is 1. The van der Waals surface area contributed by atoms with E-state index >= 15 is 0 Å². The van der Waals surface area contributed by atoms with Crippen LogP contribution in [-0.2, 0) is 6.54 Å². The third-order valence-corrected chi connectivity index (χ3v) is 3.99. The Kier molecular flexibility index (Phi) is 4.43. The molecule has 23 heavy (non-hydrogen) atoms. The monoisotopic (exact) mass is 314 g/mol. The number of benzene rings is 2. The Morgan fingerprint density at radius 2 is 2.04 bits per heavy atom. The van der Waals surface area contributed by atoms with E-state index in [1.165, 1.54) is 6.07 Å². The highest BCUT2D eigenvalue weighted by Gasteiger charge is 2.29. The van der Waals surface area contributed by atoms with E-state index in [4.69, 9.17) is 4.74 Å². The summed E-state index contributed by atoms with van der Waals surface area (Å²) >= 11 is 0. The number of aliphatic hydroxyl groups is 1. The highest BCUT2D eigenvalue weighted by Crippen LogP contribution is 2.38. The quantitative estimate of drug-likeness (QED) is 0.678. The fraction of sp³-hybridized carbons (Fsp3) is 0.294. The Balaban J connectivity index is 1.98. The van der Waals surface area contributed by atoms with Crippen LogP contribution in [0.4, 0.5) is 11.4 Å². The first-order valence-electron chi connectivity index (χ1n) is 7.51. The molecule has 0 aliphatic carbocycles. The van der Waals surface area contributed by atoms with Crippen LogP contribution in [0.2, 0.25) is 0 Å². The van der Waals surface area contributed by atoms with Crippen molar-refractivity contribution in [3.05, 3.63) is 64.2 Å². The SMILES string of the molecule is O=[N+]([O-])c1ccc2c(c1)N(Cc1ccccc1)C(CCO)CO2. The summed E-state index contributed by atoms with van der Waals surface area (Å²) in [6.07, 6.45) is 0.551. The number of nitrogens with zero attached hydrogens (tertiary/aromatic N) is 2. The molecule has 6 nitrogen and oxygen atoms in total. The van der Waals surface area contributed by atoms with Crippen LogP contribution >= 0.6 is 0 Å². The van der Waals surface area contributed by atoms with Crippen molar-refractivity contribution in [3.8, 4) is 5.75 Å². The standard InChI is InChI=1S/C17H18N2O4/c20-9-8-15-12-23-17-7-6-14(19(21)22)10-16(17)18(15)11-13-4-2-1-3-5-13/h1-7,10,15,20H,8-9,11-12H2. The van der Waals surface area contributed by atoms with Gasteiger partial charge in [-0.05, 0) is 18.1 Å². The topological polar surface area (TPSA) is 75.8 Å². The van der Waals surface area contributed by atoms with Gasteiger partial charge < -0.3 is 14.7 Å². The largest absolute Gasteiger partial charge is 0.489 e. The van der Waals surface area contributed by atoms with Crippen LogP contribution in [0.1, 0.15) is 12.0 Å². The number of anilines is 1. The van der Waals surface area contributed by atoms with E-state index in [9.17, 15) is 15.2 Å². The Morgan fingerprint density at radius 3 is 2.74 bits per heavy atom. The van der Waals surface area contributed by atoms with Crippen molar-refractivity contribution < 1.29 is 14.8 Å². The number of fused-ring (bicyclic) bond motifs is 1. The normalized spacial score (nSPS) is 16.6. The molecule has 1 N–H and O–H groups in total. The van der Waals surface area contributed by atoms with Crippen molar-refractivity contribution in [2.75, 3.05) is 18.1 Å². The molecule has 0 radical (unpaired) electrons. The minimum absolute atomic E-state index is 0.0188. The van der Waals surface area contributed by atoms with E-state index < -0.39 is 4.92 Å². The Labute approximate surface area is 134 Å². The molecule has 120 valence electrons. The van der Waals surface area contributed by atoms with Crippen molar-refractivity contribution in [1.29, 1.82) is 0 Å². The Morgan fingerprint density at radius 1 is 1.26 bits per heavy atom. The maximum absolute atomic E-state index is 11.1. The molecule has 2 aromatic carbocycles. The van der Waals surface area contributed by atoms with Crippen LogP contribution in [0, 0.1) is 10.1 Å². The third-order valence-electron chi connectivity index (χ3n) is 3.99. The predicted octanol–water partition coefficient (Wildman–Crippen LogP) is 2.74. The van der Waals surface area contributed by atoms with Crippen molar-refractivity contribution in [3.63, 3.8) is 0 Å². The van der Waals surface area contributed by atoms with Gasteiger partial charge in [-0.15, -0.1) is 0 Å². The molecule has 2 aromatic rings. The van der Waals surface area contributed by atoms with Gasteiger partial charge >= 0.3 is 0 Å². The molecular weight excluding hydrogens is 296 g/mol. The average molecular weight is 314 g/mol. The molecule has 0 amide bonds. The van der Waals surface area contributed by atoms with Gasteiger partial charge in [0.1, 0.15) is 12.4 Å². The molecule has 0 spiro atoms. The molecule has 0 saturated carbocycles. The van der Waals surface area contributed by atoms with Crippen LogP contribution < -0.4 is 9.64 Å². The number of hydrogen-bond acceptors (Lipinski definition) is 5. The molecule has 3 rings (SSSR count). The summed E-state index contributed by atoms with van der Waals surface area (Å²) in [5.74, 6) is 0.640. The van der Waals surface area contributed by atoms with Crippen LogP contribution in [0.25, 0.3) is 0 Å². The zero-order valence-electron chi connectivity index (χ0n) is 12.6. The lowest BCUT2D eigenvalue weighted by atomic mass is 10.1. The maximum atomic E-state index is 11.1. The average Bonchev–Trinajstić information content (AvgIpc) is 2.57. The molecule has 1 aliphatic rings. The zero-order chi connectivity index (χ0) is 16.2. The molecule has 0 fully saturated rings. The van der Waals surface area contributed by atoms with Crippen LogP contribution in [0.5, 0.6) is 5.75 Å². The van der Waals surface area contributed by atoms with Crippen molar-refractivity contribution in [2.45, 2.75) is 19.0 Å². The fourth-order valence-corrected chi connectivity index (χ4v) is 2.82. The van der Waals surface area contributed by atoms with Gasteiger partial charge in [0.25, 0.3) is 5.69 Å². The first-order valence-corrected chi connectivity index (χ1v) is 7.51. The lowest BCUT2D eigenvalue weighted by molar-refractivity contribution is -0.384. The zero-order valence-corrected chi connectivity index (χ0v) is 12.6. The van der Waals surface area contributed by atoms with E-state index in [2.05, 4.69) is 4.90 Å². The highest BCUT2D eigenvalue weighted by molar-refractivity contribution is 5.65. The summed E-state index contributed by atoms with van der Waals surface area (Å²) in [7, 11) is 0.